The third kappa shape index (κ3) is 4.29. The Balaban J connectivity index is 2.05. The molecule has 0 saturated carbocycles. The van der Waals surface area contributed by atoms with E-state index >= 15 is 0 Å². The van der Waals surface area contributed by atoms with Gasteiger partial charge in [-0.1, -0.05) is 0 Å². The third-order valence-corrected chi connectivity index (χ3v) is 4.31. The number of benzene rings is 1. The number of nitrogens with zero attached hydrogens (tertiary/aromatic N) is 1. The van der Waals surface area contributed by atoms with Gasteiger partial charge in [-0.05, 0) is 45.0 Å². The Morgan fingerprint density at radius 1 is 1.33 bits per heavy atom. The predicted octanol–water partition coefficient (Wildman–Crippen LogP) is 2.76. The van der Waals surface area contributed by atoms with E-state index in [1.165, 1.54) is 38.1 Å². The Morgan fingerprint density at radius 2 is 1.96 bits per heavy atom. The lowest BCUT2D eigenvalue weighted by atomic mass is 10.1. The number of halogens is 1. The van der Waals surface area contributed by atoms with Crippen LogP contribution in [0.25, 0.3) is 0 Å². The summed E-state index contributed by atoms with van der Waals surface area (Å²) in [5.74, 6) is -1.49. The number of ether oxygens (including phenoxy) is 1. The monoisotopic (exact) mass is 352 g/mol. The molecule has 24 heavy (non-hydrogen) atoms. The van der Waals surface area contributed by atoms with Crippen LogP contribution in [0.2, 0.25) is 0 Å². The molecule has 0 fully saturated rings. The largest absolute Gasteiger partial charge is 0.486 e. The number of amides is 1. The molecule has 0 radical (unpaired) electrons. The molecule has 1 aromatic carbocycles. The molecule has 0 bridgehead atoms. The highest BCUT2D eigenvalue weighted by Gasteiger charge is 2.30. The fourth-order valence-corrected chi connectivity index (χ4v) is 2.67. The predicted molar refractivity (Wildman–Crippen MR) is 86.8 cm³/mol. The van der Waals surface area contributed by atoms with Gasteiger partial charge in [0, 0.05) is 0 Å². The lowest BCUT2D eigenvalue weighted by molar-refractivity contribution is -0.143. The topological polar surface area (TPSA) is 88.5 Å². The highest BCUT2D eigenvalue weighted by Crippen LogP contribution is 2.21. The summed E-state index contributed by atoms with van der Waals surface area (Å²) in [5.41, 5.74) is -0.880. The number of carbonyl (C=O) groups excluding carboxylic acids is 1. The van der Waals surface area contributed by atoms with Crippen molar-refractivity contribution >= 4 is 23.2 Å². The molecule has 1 amide bonds. The first kappa shape index (κ1) is 17.9. The molecular formula is C16H17FN2O4S. The van der Waals surface area contributed by atoms with Gasteiger partial charge in [0.2, 0.25) is 0 Å². The van der Waals surface area contributed by atoms with Crippen LogP contribution in [0.5, 0.6) is 5.75 Å². The second-order valence-corrected chi connectivity index (χ2v) is 6.73. The number of carbonyl (C=O) groups is 2. The van der Waals surface area contributed by atoms with Crippen LogP contribution in [0.1, 0.15) is 34.2 Å². The second kappa shape index (κ2) is 6.96. The standard InChI is InChI=1S/C16H17FN2O4S/c1-9-13(14(20)19-16(2,3)15(21)22)24-12(18-9)8-23-11-6-4-10(17)5-7-11/h4-7H,8H2,1-3H3,(H,19,20)(H,21,22). The molecule has 0 aliphatic heterocycles. The van der Waals surface area contributed by atoms with Gasteiger partial charge in [0.25, 0.3) is 5.91 Å². The van der Waals surface area contributed by atoms with Crippen molar-refractivity contribution in [2.45, 2.75) is 32.9 Å². The highest BCUT2D eigenvalue weighted by atomic mass is 32.1. The highest BCUT2D eigenvalue weighted by molar-refractivity contribution is 7.13. The van der Waals surface area contributed by atoms with Crippen molar-refractivity contribution in [1.82, 2.24) is 10.3 Å². The number of aliphatic carboxylic acids is 1. The van der Waals surface area contributed by atoms with Gasteiger partial charge in [0.15, 0.2) is 0 Å². The first-order valence-corrected chi connectivity index (χ1v) is 7.91. The number of rotatable bonds is 6. The Labute approximate surface area is 142 Å². The molecule has 8 heteroatoms. The van der Waals surface area contributed by atoms with Crippen molar-refractivity contribution in [1.29, 1.82) is 0 Å². The van der Waals surface area contributed by atoms with Crippen LogP contribution >= 0.6 is 11.3 Å². The quantitative estimate of drug-likeness (QED) is 0.834. The number of carboxylic acids is 1. The molecule has 0 spiro atoms. The zero-order valence-electron chi connectivity index (χ0n) is 13.4. The number of aromatic nitrogens is 1. The summed E-state index contributed by atoms with van der Waals surface area (Å²) in [7, 11) is 0. The lowest BCUT2D eigenvalue weighted by Gasteiger charge is -2.20. The van der Waals surface area contributed by atoms with E-state index in [4.69, 9.17) is 9.84 Å². The van der Waals surface area contributed by atoms with Crippen molar-refractivity contribution in [2.24, 2.45) is 0 Å². The third-order valence-electron chi connectivity index (χ3n) is 3.18. The van der Waals surface area contributed by atoms with Gasteiger partial charge in [-0.15, -0.1) is 11.3 Å². The molecule has 1 heterocycles. The van der Waals surface area contributed by atoms with Crippen LogP contribution in [0.4, 0.5) is 4.39 Å². The molecule has 128 valence electrons. The zero-order valence-corrected chi connectivity index (χ0v) is 14.2. The van der Waals surface area contributed by atoms with Crippen LogP contribution in [-0.4, -0.2) is 27.5 Å². The van der Waals surface area contributed by atoms with Crippen molar-refractivity contribution in [3.63, 3.8) is 0 Å². The Morgan fingerprint density at radius 3 is 2.54 bits per heavy atom. The van der Waals surface area contributed by atoms with E-state index in [1.807, 2.05) is 0 Å². The van der Waals surface area contributed by atoms with Gasteiger partial charge < -0.3 is 15.2 Å². The van der Waals surface area contributed by atoms with Crippen molar-refractivity contribution in [2.75, 3.05) is 0 Å². The Bertz CT molecular complexity index is 756. The fourth-order valence-electron chi connectivity index (χ4n) is 1.79. The van der Waals surface area contributed by atoms with Gasteiger partial charge in [-0.3, -0.25) is 4.79 Å². The van der Waals surface area contributed by atoms with Crippen molar-refractivity contribution in [3.8, 4) is 5.75 Å². The van der Waals surface area contributed by atoms with Crippen molar-refractivity contribution < 1.29 is 23.8 Å². The van der Waals surface area contributed by atoms with E-state index in [2.05, 4.69) is 10.3 Å². The van der Waals surface area contributed by atoms with Gasteiger partial charge in [0.1, 0.15) is 33.6 Å². The average Bonchev–Trinajstić information content (AvgIpc) is 2.87. The number of thiazole rings is 1. The molecule has 2 aromatic rings. The van der Waals surface area contributed by atoms with E-state index in [0.29, 0.717) is 21.3 Å². The van der Waals surface area contributed by atoms with E-state index in [-0.39, 0.29) is 12.4 Å². The molecule has 2 N–H and O–H groups in total. The van der Waals surface area contributed by atoms with Crippen LogP contribution in [0.15, 0.2) is 24.3 Å². The molecule has 2 rings (SSSR count). The van der Waals surface area contributed by atoms with Gasteiger partial charge in [0.05, 0.1) is 5.69 Å². The maximum atomic E-state index is 12.8. The van der Waals surface area contributed by atoms with Crippen LogP contribution in [0.3, 0.4) is 0 Å². The van der Waals surface area contributed by atoms with E-state index in [1.54, 1.807) is 6.92 Å². The van der Waals surface area contributed by atoms with Crippen LogP contribution < -0.4 is 10.1 Å². The molecule has 6 nitrogen and oxygen atoms in total. The number of nitrogens with one attached hydrogen (secondary N) is 1. The minimum Gasteiger partial charge on any atom is -0.486 e. The number of hydrogen-bond acceptors (Lipinski definition) is 5. The molecule has 0 aliphatic carbocycles. The molecule has 0 aliphatic rings. The fraction of sp³-hybridized carbons (Fsp3) is 0.312. The maximum Gasteiger partial charge on any atom is 0.328 e. The smallest absolute Gasteiger partial charge is 0.328 e. The molecule has 0 saturated heterocycles. The first-order chi connectivity index (χ1) is 11.2. The summed E-state index contributed by atoms with van der Waals surface area (Å²) in [5, 5.41) is 12.1. The van der Waals surface area contributed by atoms with E-state index < -0.39 is 17.4 Å². The van der Waals surface area contributed by atoms with Gasteiger partial charge in [-0.25, -0.2) is 14.2 Å². The number of hydrogen-bond donors (Lipinski definition) is 2. The van der Waals surface area contributed by atoms with Gasteiger partial charge >= 0.3 is 5.97 Å². The maximum absolute atomic E-state index is 12.8. The Hall–Kier alpha value is -2.48. The van der Waals surface area contributed by atoms with Crippen molar-refractivity contribution in [3.05, 3.63) is 45.7 Å². The van der Waals surface area contributed by atoms with Crippen LogP contribution in [-0.2, 0) is 11.4 Å². The minimum absolute atomic E-state index is 0.132. The molecular weight excluding hydrogens is 335 g/mol. The molecule has 0 atom stereocenters. The van der Waals surface area contributed by atoms with Gasteiger partial charge in [-0.2, -0.15) is 0 Å². The summed E-state index contributed by atoms with van der Waals surface area (Å²) in [6, 6.07) is 5.57. The summed E-state index contributed by atoms with van der Waals surface area (Å²) >= 11 is 1.13. The minimum atomic E-state index is -1.38. The van der Waals surface area contributed by atoms with Crippen LogP contribution in [0, 0.1) is 12.7 Å². The SMILES string of the molecule is Cc1nc(COc2ccc(F)cc2)sc1C(=O)NC(C)(C)C(=O)O. The Kier molecular flexibility index (Phi) is 5.18. The van der Waals surface area contributed by atoms with E-state index in [0.717, 1.165) is 11.3 Å². The number of carboxylic acid groups (broad SMARTS) is 1. The second-order valence-electron chi connectivity index (χ2n) is 5.65. The average molecular weight is 352 g/mol. The van der Waals surface area contributed by atoms with E-state index in [9.17, 15) is 14.0 Å². The molecule has 0 unspecified atom stereocenters. The zero-order chi connectivity index (χ0) is 17.9. The summed E-state index contributed by atoms with van der Waals surface area (Å²) in [4.78, 5) is 27.9. The summed E-state index contributed by atoms with van der Waals surface area (Å²) in [6.45, 7) is 4.61. The summed E-state index contributed by atoms with van der Waals surface area (Å²) in [6.07, 6.45) is 0. The number of aryl methyl sites for hydroxylation is 1. The summed E-state index contributed by atoms with van der Waals surface area (Å²) < 4.78 is 18.3. The normalized spacial score (nSPS) is 11.2. The first-order valence-electron chi connectivity index (χ1n) is 7.09. The molecule has 1 aromatic heterocycles. The lowest BCUT2D eigenvalue weighted by Crippen LogP contribution is -2.49.